The summed E-state index contributed by atoms with van der Waals surface area (Å²) in [5, 5.41) is 3.99. The highest BCUT2D eigenvalue weighted by molar-refractivity contribution is 7.94. The van der Waals surface area contributed by atoms with Crippen molar-refractivity contribution in [2.75, 3.05) is 4.72 Å². The number of nitrogens with one attached hydrogen (secondary N) is 1. The Hall–Kier alpha value is -1.97. The van der Waals surface area contributed by atoms with Crippen LogP contribution in [0.2, 0.25) is 4.47 Å². The molecular formula is C11H8ClN5O2S2. The maximum Gasteiger partial charge on any atom is 0.273 e. The second-order valence-corrected chi connectivity index (χ2v) is 7.45. The van der Waals surface area contributed by atoms with E-state index in [1.54, 1.807) is 35.3 Å². The Morgan fingerprint density at radius 2 is 2.00 bits per heavy atom. The van der Waals surface area contributed by atoms with E-state index >= 15 is 0 Å². The molecule has 0 aliphatic rings. The number of anilines is 1. The van der Waals surface area contributed by atoms with Gasteiger partial charge in [-0.2, -0.15) is 5.10 Å². The van der Waals surface area contributed by atoms with E-state index in [0.717, 1.165) is 17.0 Å². The van der Waals surface area contributed by atoms with Crippen LogP contribution in [0.1, 0.15) is 0 Å². The fourth-order valence-electron chi connectivity index (χ4n) is 1.59. The van der Waals surface area contributed by atoms with Crippen LogP contribution in [-0.4, -0.2) is 28.2 Å². The normalized spacial score (nSPS) is 11.5. The maximum atomic E-state index is 12.1. The molecule has 0 aliphatic carbocycles. The van der Waals surface area contributed by atoms with Crippen molar-refractivity contribution in [3.8, 4) is 5.69 Å². The molecule has 0 amide bonds. The lowest BCUT2D eigenvalue weighted by Gasteiger charge is -2.06. The minimum atomic E-state index is -3.67. The van der Waals surface area contributed by atoms with Crippen LogP contribution in [0.15, 0.2) is 47.3 Å². The van der Waals surface area contributed by atoms with Crippen molar-refractivity contribution in [1.82, 2.24) is 19.7 Å². The molecule has 3 rings (SSSR count). The summed E-state index contributed by atoms with van der Waals surface area (Å²) in [6.45, 7) is 0. The molecule has 0 saturated heterocycles. The molecule has 108 valence electrons. The summed E-state index contributed by atoms with van der Waals surface area (Å²) in [4.78, 5) is 7.56. The third-order valence-corrected chi connectivity index (χ3v) is 5.48. The molecule has 1 aromatic carbocycles. The average molecular weight is 342 g/mol. The van der Waals surface area contributed by atoms with Crippen LogP contribution in [0, 0.1) is 0 Å². The lowest BCUT2D eigenvalue weighted by Crippen LogP contribution is -2.11. The molecule has 10 heteroatoms. The fraction of sp³-hybridized carbons (Fsp3) is 0. The second kappa shape index (κ2) is 5.43. The highest BCUT2D eigenvalue weighted by atomic mass is 35.5. The predicted octanol–water partition coefficient (Wildman–Crippen LogP) is 2.18. The summed E-state index contributed by atoms with van der Waals surface area (Å²) in [5.74, 6) is 0. The molecule has 2 aromatic heterocycles. The van der Waals surface area contributed by atoms with Gasteiger partial charge in [-0.05, 0) is 24.3 Å². The van der Waals surface area contributed by atoms with Crippen molar-refractivity contribution < 1.29 is 8.42 Å². The number of hydrogen-bond donors (Lipinski definition) is 1. The van der Waals surface area contributed by atoms with E-state index in [4.69, 9.17) is 11.6 Å². The lowest BCUT2D eigenvalue weighted by molar-refractivity contribution is 0.603. The van der Waals surface area contributed by atoms with E-state index in [-0.39, 0.29) is 8.68 Å². The fourth-order valence-corrected chi connectivity index (χ4v) is 3.94. The minimum Gasteiger partial charge on any atom is -0.279 e. The number of rotatable bonds is 4. The highest BCUT2D eigenvalue weighted by Gasteiger charge is 2.17. The summed E-state index contributed by atoms with van der Waals surface area (Å²) in [5.41, 5.74) is 1.21. The number of halogens is 1. The van der Waals surface area contributed by atoms with Crippen LogP contribution in [0.5, 0.6) is 0 Å². The SMILES string of the molecule is O=S(=O)(Nc1ccc(-n2cncn2)cc1)c1cnc(Cl)s1. The van der Waals surface area contributed by atoms with Gasteiger partial charge in [0.2, 0.25) is 0 Å². The van der Waals surface area contributed by atoms with E-state index in [0.29, 0.717) is 5.69 Å². The van der Waals surface area contributed by atoms with Crippen LogP contribution < -0.4 is 4.72 Å². The Morgan fingerprint density at radius 1 is 1.24 bits per heavy atom. The number of nitrogens with zero attached hydrogens (tertiary/aromatic N) is 4. The minimum absolute atomic E-state index is 0.0628. The molecule has 21 heavy (non-hydrogen) atoms. The summed E-state index contributed by atoms with van der Waals surface area (Å²) in [7, 11) is -3.67. The topological polar surface area (TPSA) is 89.8 Å². The molecule has 0 spiro atoms. The third kappa shape index (κ3) is 3.04. The van der Waals surface area contributed by atoms with Gasteiger partial charge in [-0.3, -0.25) is 4.72 Å². The molecular weight excluding hydrogens is 334 g/mol. The molecule has 0 saturated carbocycles. The van der Waals surface area contributed by atoms with Gasteiger partial charge in [0, 0.05) is 5.69 Å². The van der Waals surface area contributed by atoms with Gasteiger partial charge in [0.15, 0.2) is 8.68 Å². The van der Waals surface area contributed by atoms with E-state index < -0.39 is 10.0 Å². The van der Waals surface area contributed by atoms with E-state index in [2.05, 4.69) is 19.8 Å². The van der Waals surface area contributed by atoms with Gasteiger partial charge in [-0.1, -0.05) is 22.9 Å². The maximum absolute atomic E-state index is 12.1. The first-order chi connectivity index (χ1) is 10.0. The summed E-state index contributed by atoms with van der Waals surface area (Å²) in [6.07, 6.45) is 4.20. The molecule has 0 atom stereocenters. The Labute approximate surface area is 129 Å². The predicted molar refractivity (Wildman–Crippen MR) is 79.3 cm³/mol. The molecule has 7 nitrogen and oxygen atoms in total. The zero-order valence-corrected chi connectivity index (χ0v) is 12.7. The van der Waals surface area contributed by atoms with Crippen molar-refractivity contribution in [3.05, 3.63) is 47.6 Å². The quantitative estimate of drug-likeness (QED) is 0.785. The number of thiazole rings is 1. The summed E-state index contributed by atoms with van der Waals surface area (Å²) in [6, 6.07) is 6.73. The number of benzene rings is 1. The van der Waals surface area contributed by atoms with Gasteiger partial charge >= 0.3 is 0 Å². The van der Waals surface area contributed by atoms with Crippen LogP contribution in [0.25, 0.3) is 5.69 Å². The van der Waals surface area contributed by atoms with Crippen molar-refractivity contribution >= 4 is 38.6 Å². The van der Waals surface area contributed by atoms with Gasteiger partial charge in [0.05, 0.1) is 11.9 Å². The number of aromatic nitrogens is 4. The number of sulfonamides is 1. The second-order valence-electron chi connectivity index (χ2n) is 3.92. The molecule has 3 aromatic rings. The monoisotopic (exact) mass is 341 g/mol. The Balaban J connectivity index is 1.82. The first kappa shape index (κ1) is 14.0. The van der Waals surface area contributed by atoms with E-state index in [9.17, 15) is 8.42 Å². The highest BCUT2D eigenvalue weighted by Crippen LogP contribution is 2.24. The first-order valence-corrected chi connectivity index (χ1v) is 8.31. The molecule has 0 unspecified atom stereocenters. The van der Waals surface area contributed by atoms with Crippen molar-refractivity contribution in [1.29, 1.82) is 0 Å². The lowest BCUT2D eigenvalue weighted by atomic mass is 10.3. The smallest absolute Gasteiger partial charge is 0.273 e. The molecule has 1 N–H and O–H groups in total. The van der Waals surface area contributed by atoms with Gasteiger partial charge in [0.25, 0.3) is 10.0 Å². The van der Waals surface area contributed by atoms with E-state index in [1.165, 1.54) is 12.5 Å². The Kier molecular flexibility index (Phi) is 3.62. The molecule has 0 aliphatic heterocycles. The van der Waals surface area contributed by atoms with Crippen molar-refractivity contribution in [3.63, 3.8) is 0 Å². The van der Waals surface area contributed by atoms with E-state index in [1.807, 2.05) is 0 Å². The molecule has 0 fully saturated rings. The van der Waals surface area contributed by atoms with Crippen LogP contribution in [-0.2, 0) is 10.0 Å². The molecule has 2 heterocycles. The largest absolute Gasteiger partial charge is 0.279 e. The van der Waals surface area contributed by atoms with Crippen molar-refractivity contribution in [2.45, 2.75) is 4.21 Å². The van der Waals surface area contributed by atoms with Gasteiger partial charge in [0.1, 0.15) is 12.7 Å². The molecule has 0 bridgehead atoms. The summed E-state index contributed by atoms with van der Waals surface area (Å²) >= 11 is 6.54. The average Bonchev–Trinajstić information content (AvgIpc) is 3.10. The van der Waals surface area contributed by atoms with Crippen LogP contribution >= 0.6 is 22.9 Å². The third-order valence-electron chi connectivity index (χ3n) is 2.52. The van der Waals surface area contributed by atoms with Crippen LogP contribution in [0.4, 0.5) is 5.69 Å². The summed E-state index contributed by atoms with van der Waals surface area (Å²) < 4.78 is 28.5. The number of hydrogen-bond acceptors (Lipinski definition) is 6. The Morgan fingerprint density at radius 3 is 2.57 bits per heavy atom. The van der Waals surface area contributed by atoms with Crippen molar-refractivity contribution in [2.24, 2.45) is 0 Å². The van der Waals surface area contributed by atoms with Gasteiger partial charge in [-0.15, -0.1) is 0 Å². The zero-order valence-electron chi connectivity index (χ0n) is 10.3. The molecule has 0 radical (unpaired) electrons. The van der Waals surface area contributed by atoms with Crippen LogP contribution in [0.3, 0.4) is 0 Å². The Bertz CT molecular complexity index is 843. The van der Waals surface area contributed by atoms with Gasteiger partial charge < -0.3 is 0 Å². The standard InChI is InChI=1S/C11H8ClN5O2S2/c12-11-14-5-10(20-11)21(18,19)16-8-1-3-9(4-2-8)17-7-13-6-15-17/h1-7,16H. The van der Waals surface area contributed by atoms with Gasteiger partial charge in [-0.25, -0.2) is 23.1 Å². The first-order valence-electron chi connectivity index (χ1n) is 5.64. The zero-order chi connectivity index (χ0) is 14.9.